The molecule has 0 fully saturated rings. The molecule has 18 heavy (non-hydrogen) atoms. The summed E-state index contributed by atoms with van der Waals surface area (Å²) in [6.45, 7) is 1.79. The second-order valence-corrected chi connectivity index (χ2v) is 4.57. The predicted octanol–water partition coefficient (Wildman–Crippen LogP) is 3.43. The first-order chi connectivity index (χ1) is 8.66. The Bertz CT molecular complexity index is 736. The molecule has 0 unspecified atom stereocenters. The number of fused-ring (bicyclic) bond motifs is 1. The van der Waals surface area contributed by atoms with Gasteiger partial charge in [-0.05, 0) is 19.1 Å². The molecule has 4 nitrogen and oxygen atoms in total. The first kappa shape index (κ1) is 11.4. The third-order valence-electron chi connectivity index (χ3n) is 2.57. The van der Waals surface area contributed by atoms with Gasteiger partial charge in [-0.1, -0.05) is 35.3 Å². The van der Waals surface area contributed by atoms with E-state index in [4.69, 9.17) is 23.2 Å². The summed E-state index contributed by atoms with van der Waals surface area (Å²) in [5, 5.41) is 5.99. The van der Waals surface area contributed by atoms with E-state index in [-0.39, 0.29) is 0 Å². The van der Waals surface area contributed by atoms with E-state index in [0.717, 1.165) is 5.69 Å². The quantitative estimate of drug-likeness (QED) is 0.641. The van der Waals surface area contributed by atoms with Gasteiger partial charge in [0.15, 0.2) is 5.65 Å². The number of hydrogen-bond donors (Lipinski definition) is 0. The molecule has 3 rings (SSSR count). The van der Waals surface area contributed by atoms with Gasteiger partial charge in [0.2, 0.25) is 0 Å². The van der Waals surface area contributed by atoms with Crippen LogP contribution in [0.5, 0.6) is 0 Å². The van der Waals surface area contributed by atoms with E-state index in [9.17, 15) is 0 Å². The van der Waals surface area contributed by atoms with Crippen molar-refractivity contribution in [2.75, 3.05) is 0 Å². The van der Waals surface area contributed by atoms with Gasteiger partial charge in [0.1, 0.15) is 11.0 Å². The second-order valence-electron chi connectivity index (χ2n) is 3.81. The molecule has 0 saturated carbocycles. The van der Waals surface area contributed by atoms with E-state index < -0.39 is 0 Å². The Kier molecular flexibility index (Phi) is 2.69. The summed E-state index contributed by atoms with van der Waals surface area (Å²) in [5.41, 5.74) is 1.42. The predicted molar refractivity (Wildman–Crippen MR) is 71.4 cm³/mol. The molecule has 1 aromatic carbocycles. The first-order valence-corrected chi connectivity index (χ1v) is 6.05. The Morgan fingerprint density at radius 1 is 1.11 bits per heavy atom. The van der Waals surface area contributed by atoms with Gasteiger partial charge < -0.3 is 0 Å². The summed E-state index contributed by atoms with van der Waals surface area (Å²) < 4.78 is 1.66. The minimum atomic E-state index is 0.399. The fraction of sp³-hybridized carbons (Fsp3) is 0.0833. The van der Waals surface area contributed by atoms with Gasteiger partial charge >= 0.3 is 0 Å². The van der Waals surface area contributed by atoms with Crippen LogP contribution in [0.1, 0.15) is 5.82 Å². The lowest BCUT2D eigenvalue weighted by atomic mass is 10.3. The molecule has 2 aromatic heterocycles. The third kappa shape index (κ3) is 1.74. The van der Waals surface area contributed by atoms with Crippen LogP contribution in [0, 0.1) is 6.92 Å². The highest BCUT2D eigenvalue weighted by atomic mass is 35.5. The van der Waals surface area contributed by atoms with E-state index in [1.54, 1.807) is 23.9 Å². The number of benzene rings is 1. The molecule has 2 heterocycles. The topological polar surface area (TPSA) is 43.6 Å². The Morgan fingerprint density at radius 3 is 2.67 bits per heavy atom. The summed E-state index contributed by atoms with van der Waals surface area (Å²) in [6.07, 6.45) is 1.64. The maximum atomic E-state index is 6.16. The molecular weight excluding hydrogens is 271 g/mol. The normalized spacial score (nSPS) is 11.1. The van der Waals surface area contributed by atoms with Crippen molar-refractivity contribution in [3.63, 3.8) is 0 Å². The van der Waals surface area contributed by atoms with Crippen LogP contribution in [0.15, 0.2) is 30.5 Å². The van der Waals surface area contributed by atoms with Crippen molar-refractivity contribution in [3.8, 4) is 5.69 Å². The summed E-state index contributed by atoms with van der Waals surface area (Å²) in [5.74, 6) is 0.598. The van der Waals surface area contributed by atoms with Gasteiger partial charge in [-0.2, -0.15) is 5.10 Å². The van der Waals surface area contributed by atoms with Crippen LogP contribution < -0.4 is 0 Å². The molecule has 0 aliphatic rings. The number of halogens is 2. The standard InChI is InChI=1S/C12H8Cl2N4/c1-7-16-11(14)8-6-15-18(12(8)17-7)10-5-3-2-4-9(10)13/h2-6H,1H3. The number of aryl methyl sites for hydroxylation is 1. The smallest absolute Gasteiger partial charge is 0.168 e. The van der Waals surface area contributed by atoms with Crippen LogP contribution in [-0.4, -0.2) is 19.7 Å². The molecule has 0 radical (unpaired) electrons. The lowest BCUT2D eigenvalue weighted by Gasteiger charge is -2.05. The van der Waals surface area contributed by atoms with Gasteiger partial charge in [-0.3, -0.25) is 0 Å². The first-order valence-electron chi connectivity index (χ1n) is 5.29. The minimum absolute atomic E-state index is 0.399. The summed E-state index contributed by atoms with van der Waals surface area (Å²) in [7, 11) is 0. The Labute approximate surface area is 113 Å². The monoisotopic (exact) mass is 278 g/mol. The van der Waals surface area contributed by atoms with Crippen LogP contribution in [0.2, 0.25) is 10.2 Å². The van der Waals surface area contributed by atoms with Crippen LogP contribution in [0.4, 0.5) is 0 Å². The van der Waals surface area contributed by atoms with Crippen LogP contribution >= 0.6 is 23.2 Å². The van der Waals surface area contributed by atoms with Crippen LogP contribution in [0.25, 0.3) is 16.7 Å². The number of nitrogens with zero attached hydrogens (tertiary/aromatic N) is 4. The molecule has 0 N–H and O–H groups in total. The van der Waals surface area contributed by atoms with Crippen molar-refractivity contribution in [3.05, 3.63) is 46.5 Å². The molecule has 0 aliphatic heterocycles. The van der Waals surface area contributed by atoms with Crippen molar-refractivity contribution in [2.24, 2.45) is 0 Å². The van der Waals surface area contributed by atoms with E-state index in [0.29, 0.717) is 27.0 Å². The average Bonchev–Trinajstić information content (AvgIpc) is 2.73. The van der Waals surface area contributed by atoms with Crippen molar-refractivity contribution in [1.29, 1.82) is 0 Å². The number of para-hydroxylation sites is 1. The molecule has 0 amide bonds. The molecule has 6 heteroatoms. The van der Waals surface area contributed by atoms with Crippen LogP contribution in [0.3, 0.4) is 0 Å². The largest absolute Gasteiger partial charge is 0.221 e. The molecule has 0 bridgehead atoms. The van der Waals surface area contributed by atoms with Gasteiger partial charge in [-0.15, -0.1) is 0 Å². The maximum Gasteiger partial charge on any atom is 0.168 e. The molecule has 3 aromatic rings. The van der Waals surface area contributed by atoms with Crippen molar-refractivity contribution in [2.45, 2.75) is 6.92 Å². The SMILES string of the molecule is Cc1nc(Cl)c2cnn(-c3ccccc3Cl)c2n1. The van der Waals surface area contributed by atoms with E-state index in [2.05, 4.69) is 15.1 Å². The van der Waals surface area contributed by atoms with Gasteiger partial charge in [-0.25, -0.2) is 14.6 Å². The fourth-order valence-electron chi connectivity index (χ4n) is 1.78. The van der Waals surface area contributed by atoms with Gasteiger partial charge in [0.25, 0.3) is 0 Å². The molecule has 90 valence electrons. The van der Waals surface area contributed by atoms with E-state index >= 15 is 0 Å². The van der Waals surface area contributed by atoms with Gasteiger partial charge in [0.05, 0.1) is 22.3 Å². The lowest BCUT2D eigenvalue weighted by Crippen LogP contribution is -2.00. The number of rotatable bonds is 1. The van der Waals surface area contributed by atoms with E-state index in [1.165, 1.54) is 0 Å². The molecule has 0 aliphatic carbocycles. The lowest BCUT2D eigenvalue weighted by molar-refractivity contribution is 0.890. The minimum Gasteiger partial charge on any atom is -0.221 e. The maximum absolute atomic E-state index is 6.16. The summed E-state index contributed by atoms with van der Waals surface area (Å²) in [6, 6.07) is 7.44. The van der Waals surface area contributed by atoms with Gasteiger partial charge in [0, 0.05) is 0 Å². The molecular formula is C12H8Cl2N4. The highest BCUT2D eigenvalue weighted by Gasteiger charge is 2.12. The third-order valence-corrected chi connectivity index (χ3v) is 3.18. The average molecular weight is 279 g/mol. The van der Waals surface area contributed by atoms with Crippen molar-refractivity contribution < 1.29 is 0 Å². The van der Waals surface area contributed by atoms with E-state index in [1.807, 2.05) is 18.2 Å². The fourth-order valence-corrected chi connectivity index (χ4v) is 2.25. The zero-order chi connectivity index (χ0) is 12.7. The van der Waals surface area contributed by atoms with Crippen LogP contribution in [-0.2, 0) is 0 Å². The zero-order valence-electron chi connectivity index (χ0n) is 9.43. The highest BCUT2D eigenvalue weighted by molar-refractivity contribution is 6.34. The number of aromatic nitrogens is 4. The Hall–Kier alpha value is -1.65. The number of hydrogen-bond acceptors (Lipinski definition) is 3. The summed E-state index contributed by atoms with van der Waals surface area (Å²) >= 11 is 12.2. The Balaban J connectivity index is 2.34. The summed E-state index contributed by atoms with van der Waals surface area (Å²) in [4.78, 5) is 8.46. The van der Waals surface area contributed by atoms with Crippen molar-refractivity contribution in [1.82, 2.24) is 19.7 Å². The molecule has 0 atom stereocenters. The second kappa shape index (κ2) is 4.23. The molecule has 0 spiro atoms. The zero-order valence-corrected chi connectivity index (χ0v) is 10.9. The Morgan fingerprint density at radius 2 is 1.89 bits per heavy atom. The highest BCUT2D eigenvalue weighted by Crippen LogP contribution is 2.25. The van der Waals surface area contributed by atoms with Crippen molar-refractivity contribution >= 4 is 34.2 Å². The molecule has 0 saturated heterocycles.